The van der Waals surface area contributed by atoms with Gasteiger partial charge in [-0.05, 0) is 22.0 Å². The number of phenols is 1. The van der Waals surface area contributed by atoms with Crippen LogP contribution in [0.15, 0.2) is 10.5 Å². The Kier molecular flexibility index (Phi) is 2.42. The van der Waals surface area contributed by atoms with Crippen LogP contribution in [0.2, 0.25) is 0 Å². The summed E-state index contributed by atoms with van der Waals surface area (Å²) in [7, 11) is 0. The number of benzene rings is 1. The molecule has 1 aromatic carbocycles. The topological polar surface area (TPSA) is 37.3 Å². The predicted octanol–water partition coefficient (Wildman–Crippen LogP) is 2.25. The smallest absolute Gasteiger partial charge is 0.173 e. The molecule has 1 N–H and O–H groups in total. The van der Waals surface area contributed by atoms with E-state index in [1.165, 1.54) is 0 Å². The molecule has 0 aliphatic carbocycles. The van der Waals surface area contributed by atoms with Crippen LogP contribution < -0.4 is 0 Å². The lowest BCUT2D eigenvalue weighted by atomic mass is 10.2. The van der Waals surface area contributed by atoms with E-state index in [0.717, 1.165) is 6.07 Å². The third kappa shape index (κ3) is 1.32. The Bertz CT molecular complexity index is 312. The first-order chi connectivity index (χ1) is 5.57. The minimum atomic E-state index is -1.34. The molecule has 1 rings (SSSR count). The van der Waals surface area contributed by atoms with Crippen LogP contribution in [0.5, 0.6) is 5.75 Å². The minimum absolute atomic E-state index is 0.0523. The maximum Gasteiger partial charge on any atom is 0.173 e. The molecule has 0 aliphatic rings. The Balaban J connectivity index is 3.52. The van der Waals surface area contributed by atoms with Gasteiger partial charge in [-0.1, -0.05) is 0 Å². The Morgan fingerprint density at radius 2 is 2.08 bits per heavy atom. The summed E-state index contributed by atoms with van der Waals surface area (Å²) in [6, 6.07) is 0.748. The molecule has 0 unspecified atom stereocenters. The van der Waals surface area contributed by atoms with Gasteiger partial charge in [-0.2, -0.15) is 0 Å². The van der Waals surface area contributed by atoms with Crippen LogP contribution in [0.4, 0.5) is 8.78 Å². The largest absolute Gasteiger partial charge is 0.506 e. The van der Waals surface area contributed by atoms with Crippen molar-refractivity contribution in [2.24, 2.45) is 0 Å². The fourth-order valence-corrected chi connectivity index (χ4v) is 1.13. The number of carbonyl (C=O) groups is 1. The summed E-state index contributed by atoms with van der Waals surface area (Å²) in [5.41, 5.74) is -0.679. The summed E-state index contributed by atoms with van der Waals surface area (Å²) in [4.78, 5) is 10.2. The second kappa shape index (κ2) is 3.18. The number of aromatic hydroxyl groups is 1. The van der Waals surface area contributed by atoms with Gasteiger partial charge in [0, 0.05) is 0 Å². The van der Waals surface area contributed by atoms with Crippen molar-refractivity contribution < 1.29 is 18.7 Å². The molecule has 0 aromatic heterocycles. The summed E-state index contributed by atoms with van der Waals surface area (Å²) in [6.45, 7) is 0. The van der Waals surface area contributed by atoms with Gasteiger partial charge < -0.3 is 5.11 Å². The van der Waals surface area contributed by atoms with Gasteiger partial charge in [-0.3, -0.25) is 4.79 Å². The van der Waals surface area contributed by atoms with E-state index in [0.29, 0.717) is 0 Å². The number of halogens is 3. The van der Waals surface area contributed by atoms with Gasteiger partial charge in [0.25, 0.3) is 0 Å². The van der Waals surface area contributed by atoms with Gasteiger partial charge in [0.1, 0.15) is 5.75 Å². The van der Waals surface area contributed by atoms with Gasteiger partial charge in [0.05, 0.1) is 10.0 Å². The molecular weight excluding hydrogens is 234 g/mol. The third-order valence-electron chi connectivity index (χ3n) is 1.30. The fourth-order valence-electron chi connectivity index (χ4n) is 0.712. The zero-order valence-corrected chi connectivity index (χ0v) is 7.23. The second-order valence-corrected chi connectivity index (χ2v) is 2.89. The molecule has 0 fully saturated rings. The first-order valence-electron chi connectivity index (χ1n) is 2.89. The van der Waals surface area contributed by atoms with Crippen molar-refractivity contribution >= 4 is 22.2 Å². The number of aldehydes is 1. The summed E-state index contributed by atoms with van der Waals surface area (Å²) in [5.74, 6) is -3.11. The average molecular weight is 237 g/mol. The highest BCUT2D eigenvalue weighted by atomic mass is 79.9. The van der Waals surface area contributed by atoms with Crippen LogP contribution in [0.3, 0.4) is 0 Å². The average Bonchev–Trinajstić information content (AvgIpc) is 2.02. The highest BCUT2D eigenvalue weighted by molar-refractivity contribution is 9.10. The van der Waals surface area contributed by atoms with Gasteiger partial charge >= 0.3 is 0 Å². The van der Waals surface area contributed by atoms with E-state index in [4.69, 9.17) is 5.11 Å². The lowest BCUT2D eigenvalue weighted by Gasteiger charge is -2.01. The van der Waals surface area contributed by atoms with Crippen molar-refractivity contribution in [1.29, 1.82) is 0 Å². The standard InChI is InChI=1S/C7H3BrF2O2/c8-4-1-5(9)6(10)3(2-11)7(4)12/h1-2,12H. The maximum atomic E-state index is 12.7. The number of rotatable bonds is 1. The number of hydrogen-bond acceptors (Lipinski definition) is 2. The molecule has 0 heterocycles. The lowest BCUT2D eigenvalue weighted by Crippen LogP contribution is -1.93. The Labute approximate surface area is 75.0 Å². The van der Waals surface area contributed by atoms with E-state index in [1.807, 2.05) is 0 Å². The van der Waals surface area contributed by atoms with Crippen molar-refractivity contribution in [3.63, 3.8) is 0 Å². The summed E-state index contributed by atoms with van der Waals surface area (Å²) in [5, 5.41) is 9.02. The predicted molar refractivity (Wildman–Crippen MR) is 41.1 cm³/mol. The molecule has 12 heavy (non-hydrogen) atoms. The van der Waals surface area contributed by atoms with Crippen LogP contribution in [0.1, 0.15) is 10.4 Å². The van der Waals surface area contributed by atoms with E-state index in [1.54, 1.807) is 0 Å². The quantitative estimate of drug-likeness (QED) is 0.600. The fraction of sp³-hybridized carbons (Fsp3) is 0. The number of phenolic OH excluding ortho intramolecular Hbond substituents is 1. The minimum Gasteiger partial charge on any atom is -0.506 e. The van der Waals surface area contributed by atoms with Crippen LogP contribution >= 0.6 is 15.9 Å². The molecule has 0 saturated carbocycles. The molecule has 0 spiro atoms. The Hall–Kier alpha value is -0.970. The highest BCUT2D eigenvalue weighted by Gasteiger charge is 2.15. The third-order valence-corrected chi connectivity index (χ3v) is 1.90. The normalized spacial score (nSPS) is 9.92. The SMILES string of the molecule is O=Cc1c(O)c(Br)cc(F)c1F. The molecule has 0 aliphatic heterocycles. The molecule has 0 atom stereocenters. The van der Waals surface area contributed by atoms with Gasteiger partial charge in [0.2, 0.25) is 0 Å². The van der Waals surface area contributed by atoms with E-state index >= 15 is 0 Å². The Morgan fingerprint density at radius 3 is 2.58 bits per heavy atom. The molecule has 2 nitrogen and oxygen atoms in total. The van der Waals surface area contributed by atoms with Gasteiger partial charge in [0.15, 0.2) is 17.9 Å². The number of hydrogen-bond donors (Lipinski definition) is 1. The summed E-state index contributed by atoms with van der Waals surface area (Å²) in [6.07, 6.45) is 0.0541. The zero-order valence-electron chi connectivity index (χ0n) is 5.64. The summed E-state index contributed by atoms with van der Waals surface area (Å²) >= 11 is 2.76. The lowest BCUT2D eigenvalue weighted by molar-refractivity contribution is 0.111. The van der Waals surface area contributed by atoms with Crippen molar-refractivity contribution in [2.75, 3.05) is 0 Å². The molecule has 64 valence electrons. The molecule has 0 bridgehead atoms. The summed E-state index contributed by atoms with van der Waals surface area (Å²) < 4.78 is 25.1. The van der Waals surface area contributed by atoms with Crippen LogP contribution in [-0.4, -0.2) is 11.4 Å². The van der Waals surface area contributed by atoms with Crippen molar-refractivity contribution in [2.45, 2.75) is 0 Å². The van der Waals surface area contributed by atoms with Crippen molar-refractivity contribution in [3.8, 4) is 5.75 Å². The molecule has 0 amide bonds. The maximum absolute atomic E-state index is 12.7. The monoisotopic (exact) mass is 236 g/mol. The highest BCUT2D eigenvalue weighted by Crippen LogP contribution is 2.30. The zero-order chi connectivity index (χ0) is 9.30. The van der Waals surface area contributed by atoms with E-state index in [2.05, 4.69) is 15.9 Å². The molecule has 5 heteroatoms. The molecular formula is C7H3BrF2O2. The molecule has 0 saturated heterocycles. The van der Waals surface area contributed by atoms with E-state index in [-0.39, 0.29) is 10.8 Å². The van der Waals surface area contributed by atoms with E-state index < -0.39 is 22.9 Å². The first kappa shape index (κ1) is 9.12. The molecule has 0 radical (unpaired) electrons. The number of carbonyl (C=O) groups excluding carboxylic acids is 1. The second-order valence-electron chi connectivity index (χ2n) is 2.03. The Morgan fingerprint density at radius 1 is 1.50 bits per heavy atom. The van der Waals surface area contributed by atoms with Crippen molar-refractivity contribution in [3.05, 3.63) is 27.7 Å². The van der Waals surface area contributed by atoms with Gasteiger partial charge in [-0.25, -0.2) is 8.78 Å². The molecule has 1 aromatic rings. The van der Waals surface area contributed by atoms with Crippen molar-refractivity contribution in [1.82, 2.24) is 0 Å². The van der Waals surface area contributed by atoms with Crippen LogP contribution in [0, 0.1) is 11.6 Å². The first-order valence-corrected chi connectivity index (χ1v) is 3.69. The van der Waals surface area contributed by atoms with Gasteiger partial charge in [-0.15, -0.1) is 0 Å². The van der Waals surface area contributed by atoms with Crippen LogP contribution in [-0.2, 0) is 0 Å². The van der Waals surface area contributed by atoms with Crippen LogP contribution in [0.25, 0.3) is 0 Å². The van der Waals surface area contributed by atoms with E-state index in [9.17, 15) is 13.6 Å².